The summed E-state index contributed by atoms with van der Waals surface area (Å²) in [5.41, 5.74) is 4.85. The van der Waals surface area contributed by atoms with E-state index in [4.69, 9.17) is 4.42 Å². The lowest BCUT2D eigenvalue weighted by molar-refractivity contribution is 0.102. The number of oxazole rings is 1. The van der Waals surface area contributed by atoms with Gasteiger partial charge in [0.25, 0.3) is 5.91 Å². The molecule has 4 rings (SSSR count). The third kappa shape index (κ3) is 3.48. The van der Waals surface area contributed by atoms with Crippen LogP contribution in [0.4, 0.5) is 5.69 Å². The van der Waals surface area contributed by atoms with Gasteiger partial charge in [0.1, 0.15) is 5.52 Å². The van der Waals surface area contributed by atoms with Gasteiger partial charge in [-0.1, -0.05) is 18.2 Å². The molecule has 0 fully saturated rings. The standard InChI is InChI=1S/C21H15IN2O2/c1-13-8-9-19-18(10-13)24-21(26-19)15-5-3-7-17(12-15)23-20(25)14-4-2-6-16(22)11-14/h2-12H,1H3,(H,23,25). The predicted molar refractivity (Wildman–Crippen MR) is 111 cm³/mol. The number of halogens is 1. The first-order valence-corrected chi connectivity index (χ1v) is 9.21. The zero-order valence-electron chi connectivity index (χ0n) is 14.0. The number of amides is 1. The number of hydrogen-bond donors (Lipinski definition) is 1. The summed E-state index contributed by atoms with van der Waals surface area (Å²) in [6, 6.07) is 20.9. The molecule has 1 amide bonds. The Kier molecular flexibility index (Phi) is 4.46. The van der Waals surface area contributed by atoms with Crippen molar-refractivity contribution in [2.24, 2.45) is 0 Å². The smallest absolute Gasteiger partial charge is 0.255 e. The number of aromatic nitrogens is 1. The Balaban J connectivity index is 1.62. The SMILES string of the molecule is Cc1ccc2oc(-c3cccc(NC(=O)c4cccc(I)c4)c3)nc2c1. The number of rotatable bonds is 3. The van der Waals surface area contributed by atoms with Crippen LogP contribution in [-0.2, 0) is 0 Å². The normalized spacial score (nSPS) is 10.8. The lowest BCUT2D eigenvalue weighted by atomic mass is 10.1. The largest absolute Gasteiger partial charge is 0.436 e. The van der Waals surface area contributed by atoms with Crippen LogP contribution in [0.5, 0.6) is 0 Å². The van der Waals surface area contributed by atoms with E-state index in [9.17, 15) is 4.79 Å². The Morgan fingerprint density at radius 3 is 2.73 bits per heavy atom. The average Bonchev–Trinajstić information content (AvgIpc) is 3.05. The minimum Gasteiger partial charge on any atom is -0.436 e. The van der Waals surface area contributed by atoms with Gasteiger partial charge in [0, 0.05) is 20.4 Å². The Labute approximate surface area is 164 Å². The van der Waals surface area contributed by atoms with Crippen molar-refractivity contribution in [2.45, 2.75) is 6.92 Å². The van der Waals surface area contributed by atoms with Crippen LogP contribution in [0.3, 0.4) is 0 Å². The molecule has 0 radical (unpaired) electrons. The highest BCUT2D eigenvalue weighted by atomic mass is 127. The summed E-state index contributed by atoms with van der Waals surface area (Å²) >= 11 is 2.19. The second-order valence-corrected chi connectivity index (χ2v) is 7.28. The summed E-state index contributed by atoms with van der Waals surface area (Å²) in [4.78, 5) is 17.0. The highest BCUT2D eigenvalue weighted by molar-refractivity contribution is 14.1. The van der Waals surface area contributed by atoms with E-state index in [2.05, 4.69) is 32.9 Å². The number of nitrogens with one attached hydrogen (secondary N) is 1. The van der Waals surface area contributed by atoms with Crippen molar-refractivity contribution >= 4 is 45.3 Å². The van der Waals surface area contributed by atoms with E-state index in [1.54, 1.807) is 6.07 Å². The molecule has 1 heterocycles. The molecule has 0 aliphatic rings. The fourth-order valence-corrected chi connectivity index (χ4v) is 3.27. The summed E-state index contributed by atoms with van der Waals surface area (Å²) in [5, 5.41) is 2.93. The molecule has 5 heteroatoms. The van der Waals surface area contributed by atoms with Crippen LogP contribution >= 0.6 is 22.6 Å². The quantitative estimate of drug-likeness (QED) is 0.407. The maximum absolute atomic E-state index is 12.4. The summed E-state index contributed by atoms with van der Waals surface area (Å²) < 4.78 is 6.86. The lowest BCUT2D eigenvalue weighted by Gasteiger charge is -2.06. The number of fused-ring (bicyclic) bond motifs is 1. The Morgan fingerprint density at radius 1 is 1.04 bits per heavy atom. The predicted octanol–water partition coefficient (Wildman–Crippen LogP) is 5.66. The fourth-order valence-electron chi connectivity index (χ4n) is 2.72. The second-order valence-electron chi connectivity index (χ2n) is 6.04. The lowest BCUT2D eigenvalue weighted by Crippen LogP contribution is -2.11. The van der Waals surface area contributed by atoms with E-state index in [0.717, 1.165) is 25.8 Å². The van der Waals surface area contributed by atoms with Gasteiger partial charge >= 0.3 is 0 Å². The van der Waals surface area contributed by atoms with Crippen LogP contribution in [0.1, 0.15) is 15.9 Å². The van der Waals surface area contributed by atoms with Crippen molar-refractivity contribution in [1.82, 2.24) is 4.98 Å². The number of aryl methyl sites for hydroxylation is 1. The molecule has 0 saturated heterocycles. The van der Waals surface area contributed by atoms with Crippen LogP contribution < -0.4 is 5.32 Å². The molecule has 0 bridgehead atoms. The third-order valence-electron chi connectivity index (χ3n) is 4.00. The third-order valence-corrected chi connectivity index (χ3v) is 4.67. The van der Waals surface area contributed by atoms with Gasteiger partial charge in [-0.2, -0.15) is 0 Å². The van der Waals surface area contributed by atoms with Crippen molar-refractivity contribution in [3.8, 4) is 11.5 Å². The summed E-state index contributed by atoms with van der Waals surface area (Å²) in [7, 11) is 0. The highest BCUT2D eigenvalue weighted by Crippen LogP contribution is 2.27. The Bertz CT molecular complexity index is 1120. The number of benzene rings is 3. The minimum absolute atomic E-state index is 0.145. The average molecular weight is 454 g/mol. The molecule has 4 aromatic rings. The Morgan fingerprint density at radius 2 is 1.88 bits per heavy atom. The van der Waals surface area contributed by atoms with Gasteiger partial charge in [0.05, 0.1) is 0 Å². The van der Waals surface area contributed by atoms with Crippen molar-refractivity contribution < 1.29 is 9.21 Å². The van der Waals surface area contributed by atoms with Crippen molar-refractivity contribution in [3.63, 3.8) is 0 Å². The van der Waals surface area contributed by atoms with Gasteiger partial charge in [0.15, 0.2) is 5.58 Å². The molecular weight excluding hydrogens is 439 g/mol. The first-order chi connectivity index (χ1) is 12.6. The van der Waals surface area contributed by atoms with E-state index in [0.29, 0.717) is 17.1 Å². The van der Waals surface area contributed by atoms with Crippen LogP contribution in [0.15, 0.2) is 71.1 Å². The van der Waals surface area contributed by atoms with Crippen molar-refractivity contribution in [1.29, 1.82) is 0 Å². The van der Waals surface area contributed by atoms with Crippen LogP contribution in [0, 0.1) is 10.5 Å². The zero-order chi connectivity index (χ0) is 18.1. The molecule has 4 nitrogen and oxygen atoms in total. The van der Waals surface area contributed by atoms with Gasteiger partial charge in [0.2, 0.25) is 5.89 Å². The van der Waals surface area contributed by atoms with Gasteiger partial charge < -0.3 is 9.73 Å². The molecule has 3 aromatic carbocycles. The topological polar surface area (TPSA) is 55.1 Å². The van der Waals surface area contributed by atoms with Gasteiger partial charge in [-0.3, -0.25) is 4.79 Å². The maximum atomic E-state index is 12.4. The van der Waals surface area contributed by atoms with E-state index < -0.39 is 0 Å². The van der Waals surface area contributed by atoms with Gasteiger partial charge in [-0.25, -0.2) is 4.98 Å². The van der Waals surface area contributed by atoms with Crippen molar-refractivity contribution in [3.05, 3.63) is 81.4 Å². The first-order valence-electron chi connectivity index (χ1n) is 8.13. The monoisotopic (exact) mass is 454 g/mol. The zero-order valence-corrected chi connectivity index (χ0v) is 16.2. The highest BCUT2D eigenvalue weighted by Gasteiger charge is 2.11. The molecule has 0 unspecified atom stereocenters. The van der Waals surface area contributed by atoms with E-state index >= 15 is 0 Å². The van der Waals surface area contributed by atoms with Crippen LogP contribution in [0.2, 0.25) is 0 Å². The van der Waals surface area contributed by atoms with E-state index in [1.165, 1.54) is 0 Å². The molecule has 26 heavy (non-hydrogen) atoms. The molecule has 0 aliphatic heterocycles. The molecule has 1 aromatic heterocycles. The number of anilines is 1. The van der Waals surface area contributed by atoms with Crippen LogP contribution in [-0.4, -0.2) is 10.9 Å². The number of carbonyl (C=O) groups excluding carboxylic acids is 1. The second kappa shape index (κ2) is 6.92. The first kappa shape index (κ1) is 16.8. The van der Waals surface area contributed by atoms with Crippen LogP contribution in [0.25, 0.3) is 22.6 Å². The maximum Gasteiger partial charge on any atom is 0.255 e. The van der Waals surface area contributed by atoms with Gasteiger partial charge in [-0.05, 0) is 83.6 Å². The number of hydrogen-bond acceptors (Lipinski definition) is 3. The Hall–Kier alpha value is -2.67. The summed E-state index contributed by atoms with van der Waals surface area (Å²) in [5.74, 6) is 0.393. The minimum atomic E-state index is -0.145. The summed E-state index contributed by atoms with van der Waals surface area (Å²) in [6.07, 6.45) is 0. The molecule has 0 spiro atoms. The molecule has 0 saturated carbocycles. The molecular formula is C21H15IN2O2. The number of nitrogens with zero attached hydrogens (tertiary/aromatic N) is 1. The van der Waals surface area contributed by atoms with E-state index in [-0.39, 0.29) is 5.91 Å². The van der Waals surface area contributed by atoms with E-state index in [1.807, 2.05) is 67.6 Å². The fraction of sp³-hybridized carbons (Fsp3) is 0.0476. The summed E-state index contributed by atoms with van der Waals surface area (Å²) in [6.45, 7) is 2.02. The van der Waals surface area contributed by atoms with Gasteiger partial charge in [-0.15, -0.1) is 0 Å². The number of carbonyl (C=O) groups is 1. The molecule has 0 aliphatic carbocycles. The molecule has 0 atom stereocenters. The van der Waals surface area contributed by atoms with Crippen molar-refractivity contribution in [2.75, 3.05) is 5.32 Å². The molecule has 1 N–H and O–H groups in total. The molecule has 128 valence electrons.